The summed E-state index contributed by atoms with van der Waals surface area (Å²) in [7, 11) is 0. The number of ether oxygens (including phenoxy) is 2. The number of allylic oxidation sites excluding steroid dienone is 19. The van der Waals surface area contributed by atoms with Crippen molar-refractivity contribution in [1.29, 1.82) is 0 Å². The molecule has 1 saturated heterocycles. The molecule has 0 aliphatic carbocycles. The van der Waals surface area contributed by atoms with Crippen LogP contribution in [0.5, 0.6) is 0 Å². The summed E-state index contributed by atoms with van der Waals surface area (Å²) in [4.78, 5) is 12.9. The number of carbonyl (C=O) groups is 1. The van der Waals surface area contributed by atoms with Crippen molar-refractivity contribution in [1.82, 2.24) is 5.32 Å². The van der Waals surface area contributed by atoms with Crippen LogP contribution >= 0.6 is 0 Å². The second-order valence-electron chi connectivity index (χ2n) is 16.9. The van der Waals surface area contributed by atoms with Gasteiger partial charge in [0.15, 0.2) is 6.29 Å². The Balaban J connectivity index is 2.16. The van der Waals surface area contributed by atoms with Crippen molar-refractivity contribution in [3.63, 3.8) is 0 Å². The number of aliphatic hydroxyl groups excluding tert-OH is 5. The van der Waals surface area contributed by atoms with E-state index in [4.69, 9.17) is 9.47 Å². The van der Waals surface area contributed by atoms with Crippen LogP contribution in [0.2, 0.25) is 0 Å². The third-order valence-corrected chi connectivity index (χ3v) is 11.1. The first kappa shape index (κ1) is 59.6. The minimum atomic E-state index is -1.58. The molecule has 0 spiro atoms. The molecule has 0 saturated carbocycles. The molecule has 0 aromatic heterocycles. The lowest BCUT2D eigenvalue weighted by Crippen LogP contribution is -2.60. The normalized spacial score (nSPS) is 21.0. The summed E-state index contributed by atoms with van der Waals surface area (Å²) >= 11 is 0. The number of rotatable bonds is 40. The molecule has 7 unspecified atom stereocenters. The number of aliphatic hydroxyl groups is 5. The monoisotopic (exact) mass is 906 g/mol. The Bertz CT molecular complexity index is 1420. The standard InChI is InChI=1S/C56H91NO8/c1-3-5-7-9-11-13-14-15-16-17-18-19-20-21-22-23-24-25-26-27-28-29-30-31-32-33-34-35-36-38-40-42-44-46-52(60)57-49(50(59)45-43-41-39-37-12-10-8-6-4-2)48-64-56-55(63)54(62)53(61)51(47-58)65-56/h4-7,11-13,15-16,18-19,21-22,24-25,27-28,37,43,45,49-51,53-56,58-59,61-63H,3,8-10,14,17,20,23,26,29-36,38-42,44,46-48H2,1-2H3,(H,57,60)/b6-4+,7-5-,13-11-,16-15-,19-18-,22-21-,25-24-,28-27-,37-12+,45-43+. The molecule has 9 heteroatoms. The molecule has 1 amide bonds. The highest BCUT2D eigenvalue weighted by atomic mass is 16.7. The summed E-state index contributed by atoms with van der Waals surface area (Å²) in [5.41, 5.74) is 0. The van der Waals surface area contributed by atoms with E-state index in [0.717, 1.165) is 103 Å². The minimum absolute atomic E-state index is 0.204. The average Bonchev–Trinajstić information content (AvgIpc) is 3.31. The van der Waals surface area contributed by atoms with E-state index in [1.165, 1.54) is 44.9 Å². The van der Waals surface area contributed by atoms with Crippen molar-refractivity contribution in [3.05, 3.63) is 122 Å². The molecule has 0 aromatic rings. The van der Waals surface area contributed by atoms with Crippen molar-refractivity contribution in [3.8, 4) is 0 Å². The largest absolute Gasteiger partial charge is 0.394 e. The number of unbranched alkanes of at least 4 members (excludes halogenated alkanes) is 13. The van der Waals surface area contributed by atoms with Crippen LogP contribution in [0, 0.1) is 0 Å². The van der Waals surface area contributed by atoms with Crippen LogP contribution in [0.4, 0.5) is 0 Å². The Hall–Kier alpha value is -3.41. The number of carbonyl (C=O) groups excluding carboxylic acids is 1. The van der Waals surface area contributed by atoms with E-state index in [0.29, 0.717) is 6.42 Å². The zero-order valence-electron chi connectivity index (χ0n) is 40.4. The van der Waals surface area contributed by atoms with Gasteiger partial charge in [0.05, 0.1) is 25.4 Å². The van der Waals surface area contributed by atoms with Gasteiger partial charge in [0.25, 0.3) is 0 Å². The van der Waals surface area contributed by atoms with Gasteiger partial charge in [-0.15, -0.1) is 0 Å². The third-order valence-electron chi connectivity index (χ3n) is 11.1. The Morgan fingerprint density at radius 3 is 1.48 bits per heavy atom. The molecule has 368 valence electrons. The van der Waals surface area contributed by atoms with Crippen LogP contribution in [0.25, 0.3) is 0 Å². The fraction of sp³-hybridized carbons (Fsp3) is 0.625. The highest BCUT2D eigenvalue weighted by Crippen LogP contribution is 2.22. The van der Waals surface area contributed by atoms with Crippen molar-refractivity contribution in [2.24, 2.45) is 0 Å². The quantitative estimate of drug-likeness (QED) is 0.0263. The molecule has 7 atom stereocenters. The van der Waals surface area contributed by atoms with Crippen LogP contribution in [0.15, 0.2) is 122 Å². The molecule has 1 aliphatic rings. The van der Waals surface area contributed by atoms with Crippen LogP contribution in [0.3, 0.4) is 0 Å². The first-order valence-electron chi connectivity index (χ1n) is 25.2. The first-order valence-corrected chi connectivity index (χ1v) is 25.2. The predicted octanol–water partition coefficient (Wildman–Crippen LogP) is 11.6. The van der Waals surface area contributed by atoms with Gasteiger partial charge < -0.3 is 40.3 Å². The maximum absolute atomic E-state index is 12.9. The van der Waals surface area contributed by atoms with Gasteiger partial charge in [-0.2, -0.15) is 0 Å². The van der Waals surface area contributed by atoms with E-state index in [1.54, 1.807) is 6.08 Å². The fourth-order valence-corrected chi connectivity index (χ4v) is 7.11. The lowest BCUT2D eigenvalue weighted by Gasteiger charge is -2.40. The van der Waals surface area contributed by atoms with Crippen LogP contribution in [0.1, 0.15) is 168 Å². The molecular formula is C56H91NO8. The van der Waals surface area contributed by atoms with Gasteiger partial charge >= 0.3 is 0 Å². The Morgan fingerprint density at radius 1 is 0.554 bits per heavy atom. The van der Waals surface area contributed by atoms with Gasteiger partial charge in [-0.1, -0.05) is 186 Å². The average molecular weight is 906 g/mol. The summed E-state index contributed by atoms with van der Waals surface area (Å²) in [6.07, 6.45) is 60.0. The van der Waals surface area contributed by atoms with E-state index in [2.05, 4.69) is 116 Å². The van der Waals surface area contributed by atoms with Crippen LogP contribution in [-0.2, 0) is 14.3 Å². The molecule has 0 bridgehead atoms. The minimum Gasteiger partial charge on any atom is -0.394 e. The summed E-state index contributed by atoms with van der Waals surface area (Å²) in [5, 5.41) is 54.0. The zero-order chi connectivity index (χ0) is 47.3. The number of hydrogen-bond donors (Lipinski definition) is 6. The van der Waals surface area contributed by atoms with E-state index in [-0.39, 0.29) is 12.5 Å². The van der Waals surface area contributed by atoms with Crippen molar-refractivity contribution < 1.29 is 39.8 Å². The van der Waals surface area contributed by atoms with Crippen molar-refractivity contribution >= 4 is 5.91 Å². The van der Waals surface area contributed by atoms with Gasteiger partial charge in [-0.25, -0.2) is 0 Å². The molecule has 1 fully saturated rings. The molecular weight excluding hydrogens is 815 g/mol. The molecule has 65 heavy (non-hydrogen) atoms. The Kier molecular flexibility index (Phi) is 40.7. The summed E-state index contributed by atoms with van der Waals surface area (Å²) in [6, 6.07) is -0.835. The first-order chi connectivity index (χ1) is 31.8. The highest BCUT2D eigenvalue weighted by molar-refractivity contribution is 5.76. The predicted molar refractivity (Wildman–Crippen MR) is 271 cm³/mol. The highest BCUT2D eigenvalue weighted by Gasteiger charge is 2.44. The van der Waals surface area contributed by atoms with Gasteiger partial charge in [-0.05, 0) is 96.8 Å². The lowest BCUT2D eigenvalue weighted by atomic mass is 9.99. The SMILES string of the molecule is C/C=C/CC/C=C/CC/C=C/C(O)C(COC1OC(CO)C(O)C(O)C1O)NC(=O)CCCCCCCCCCCCC/C=C\C/C=C\C/C=C\C/C=C\C/C=C\C/C=C\C/C=C\CC. The summed E-state index contributed by atoms with van der Waals surface area (Å²) < 4.78 is 11.2. The van der Waals surface area contributed by atoms with E-state index >= 15 is 0 Å². The molecule has 1 heterocycles. The summed E-state index contributed by atoms with van der Waals surface area (Å²) in [6.45, 7) is 3.37. The smallest absolute Gasteiger partial charge is 0.220 e. The number of nitrogens with one attached hydrogen (secondary N) is 1. The zero-order valence-corrected chi connectivity index (χ0v) is 40.4. The topological polar surface area (TPSA) is 149 Å². The molecule has 1 rings (SSSR count). The van der Waals surface area contributed by atoms with Gasteiger partial charge in [0.1, 0.15) is 24.4 Å². The van der Waals surface area contributed by atoms with Crippen LogP contribution in [-0.4, -0.2) is 87.5 Å². The number of amides is 1. The van der Waals surface area contributed by atoms with E-state index in [9.17, 15) is 30.3 Å². The lowest BCUT2D eigenvalue weighted by molar-refractivity contribution is -0.302. The van der Waals surface area contributed by atoms with Gasteiger partial charge in [-0.3, -0.25) is 4.79 Å². The van der Waals surface area contributed by atoms with Crippen LogP contribution < -0.4 is 5.32 Å². The van der Waals surface area contributed by atoms with Gasteiger partial charge in [0.2, 0.25) is 5.91 Å². The second-order valence-corrected chi connectivity index (χ2v) is 16.9. The molecule has 0 aromatic carbocycles. The summed E-state index contributed by atoms with van der Waals surface area (Å²) in [5.74, 6) is -0.204. The molecule has 9 nitrogen and oxygen atoms in total. The maximum atomic E-state index is 12.9. The van der Waals surface area contributed by atoms with Crippen molar-refractivity contribution in [2.75, 3.05) is 13.2 Å². The number of hydrogen-bond acceptors (Lipinski definition) is 8. The maximum Gasteiger partial charge on any atom is 0.220 e. The Morgan fingerprint density at radius 2 is 0.985 bits per heavy atom. The molecule has 1 aliphatic heterocycles. The van der Waals surface area contributed by atoms with Gasteiger partial charge in [0, 0.05) is 6.42 Å². The van der Waals surface area contributed by atoms with E-state index < -0.39 is 49.5 Å². The second kappa shape index (κ2) is 44.4. The fourth-order valence-electron chi connectivity index (χ4n) is 7.11. The third kappa shape index (κ3) is 34.5. The molecule has 6 N–H and O–H groups in total. The van der Waals surface area contributed by atoms with Crippen molar-refractivity contribution in [2.45, 2.75) is 211 Å². The Labute approximate surface area is 395 Å². The van der Waals surface area contributed by atoms with E-state index in [1.807, 2.05) is 19.1 Å². The molecule has 0 radical (unpaired) electrons.